The first-order valence-corrected chi connectivity index (χ1v) is 8.45. The van der Waals surface area contributed by atoms with Gasteiger partial charge in [0.15, 0.2) is 11.6 Å². The van der Waals surface area contributed by atoms with Crippen LogP contribution in [-0.2, 0) is 18.9 Å². The average molecular weight is 292 g/mol. The fourth-order valence-electron chi connectivity index (χ4n) is 5.93. The molecule has 3 aliphatic carbocycles. The van der Waals surface area contributed by atoms with Crippen molar-refractivity contribution in [2.75, 3.05) is 26.4 Å². The summed E-state index contributed by atoms with van der Waals surface area (Å²) in [6, 6.07) is 0. The van der Waals surface area contributed by atoms with Crippen molar-refractivity contribution in [2.45, 2.75) is 50.6 Å². The third-order valence-electron chi connectivity index (χ3n) is 6.84. The smallest absolute Gasteiger partial charge is 0.174 e. The van der Waals surface area contributed by atoms with Crippen LogP contribution >= 0.6 is 0 Å². The SMILES string of the molecule is CC1([C@@]23CCC4(OCCO4)[C@@H](C2)C2=CCC[C@@H]23)OCCO1. The highest BCUT2D eigenvalue weighted by Crippen LogP contribution is 2.69. The van der Waals surface area contributed by atoms with Crippen molar-refractivity contribution in [1.82, 2.24) is 0 Å². The second kappa shape index (κ2) is 4.10. The summed E-state index contributed by atoms with van der Waals surface area (Å²) in [5.41, 5.74) is 1.70. The van der Waals surface area contributed by atoms with E-state index < -0.39 is 5.79 Å². The molecule has 5 aliphatic rings. The Morgan fingerprint density at radius 1 is 0.952 bits per heavy atom. The number of rotatable bonds is 1. The second-order valence-corrected chi connectivity index (χ2v) is 7.40. The third-order valence-corrected chi connectivity index (χ3v) is 6.84. The van der Waals surface area contributed by atoms with Gasteiger partial charge in [0.1, 0.15) is 0 Å². The van der Waals surface area contributed by atoms with Crippen LogP contribution in [0.4, 0.5) is 0 Å². The van der Waals surface area contributed by atoms with E-state index in [0.29, 0.717) is 11.8 Å². The minimum atomic E-state index is -0.421. The molecule has 4 nitrogen and oxygen atoms in total. The summed E-state index contributed by atoms with van der Waals surface area (Å²) in [5.74, 6) is 0.239. The largest absolute Gasteiger partial charge is 0.347 e. The zero-order valence-corrected chi connectivity index (χ0v) is 12.7. The van der Waals surface area contributed by atoms with Gasteiger partial charge >= 0.3 is 0 Å². The first kappa shape index (κ1) is 13.1. The molecule has 5 rings (SSSR count). The van der Waals surface area contributed by atoms with Crippen LogP contribution in [0.3, 0.4) is 0 Å². The van der Waals surface area contributed by atoms with Crippen LogP contribution in [0.15, 0.2) is 11.6 Å². The molecule has 4 fully saturated rings. The van der Waals surface area contributed by atoms with E-state index in [1.54, 1.807) is 5.57 Å². The first-order valence-electron chi connectivity index (χ1n) is 8.45. The van der Waals surface area contributed by atoms with Crippen LogP contribution in [0.2, 0.25) is 0 Å². The highest BCUT2D eigenvalue weighted by Gasteiger charge is 2.70. The van der Waals surface area contributed by atoms with E-state index in [0.717, 1.165) is 45.7 Å². The second-order valence-electron chi connectivity index (χ2n) is 7.40. The molecule has 4 heteroatoms. The van der Waals surface area contributed by atoms with E-state index in [9.17, 15) is 0 Å². The van der Waals surface area contributed by atoms with Gasteiger partial charge in [-0.2, -0.15) is 0 Å². The molecule has 2 aliphatic heterocycles. The van der Waals surface area contributed by atoms with Gasteiger partial charge in [-0.15, -0.1) is 0 Å². The molecule has 21 heavy (non-hydrogen) atoms. The Hall–Kier alpha value is -0.420. The van der Waals surface area contributed by atoms with E-state index in [1.165, 1.54) is 12.8 Å². The van der Waals surface area contributed by atoms with E-state index in [-0.39, 0.29) is 11.2 Å². The number of ether oxygens (including phenoxy) is 4. The van der Waals surface area contributed by atoms with Crippen LogP contribution < -0.4 is 0 Å². The molecule has 1 spiro atoms. The van der Waals surface area contributed by atoms with Gasteiger partial charge in [-0.05, 0) is 38.5 Å². The Morgan fingerprint density at radius 2 is 1.67 bits per heavy atom. The minimum absolute atomic E-state index is 0.122. The molecular formula is C17H24O4. The van der Waals surface area contributed by atoms with E-state index in [1.807, 2.05) is 0 Å². The third kappa shape index (κ3) is 1.45. The van der Waals surface area contributed by atoms with Crippen molar-refractivity contribution >= 4 is 0 Å². The molecule has 0 aromatic rings. The summed E-state index contributed by atoms with van der Waals surface area (Å²) in [5, 5.41) is 0. The lowest BCUT2D eigenvalue weighted by atomic mass is 9.64. The van der Waals surface area contributed by atoms with Gasteiger partial charge in [0.25, 0.3) is 0 Å². The summed E-state index contributed by atoms with van der Waals surface area (Å²) >= 11 is 0. The molecule has 2 saturated carbocycles. The Bertz CT molecular complexity index is 487. The molecule has 0 radical (unpaired) electrons. The van der Waals surface area contributed by atoms with Gasteiger partial charge in [0.05, 0.1) is 26.4 Å². The fourth-order valence-corrected chi connectivity index (χ4v) is 5.93. The van der Waals surface area contributed by atoms with Crippen LogP contribution in [0.5, 0.6) is 0 Å². The first-order chi connectivity index (χ1) is 10.2. The molecule has 3 atom stereocenters. The van der Waals surface area contributed by atoms with Crippen LogP contribution in [0.25, 0.3) is 0 Å². The number of allylic oxidation sites excluding steroid dienone is 1. The summed E-state index contributed by atoms with van der Waals surface area (Å²) in [6.45, 7) is 5.11. The van der Waals surface area contributed by atoms with Crippen molar-refractivity contribution in [1.29, 1.82) is 0 Å². The monoisotopic (exact) mass is 292 g/mol. The van der Waals surface area contributed by atoms with Gasteiger partial charge in [-0.1, -0.05) is 11.6 Å². The Balaban J connectivity index is 1.59. The molecule has 0 unspecified atom stereocenters. The average Bonchev–Trinajstić information content (AvgIpc) is 3.20. The molecule has 0 aromatic carbocycles. The fraction of sp³-hybridized carbons (Fsp3) is 0.882. The van der Waals surface area contributed by atoms with Gasteiger partial charge in [-0.25, -0.2) is 0 Å². The van der Waals surface area contributed by atoms with Crippen LogP contribution in [-0.4, -0.2) is 38.0 Å². The van der Waals surface area contributed by atoms with Gasteiger partial charge in [-0.3, -0.25) is 0 Å². The quantitative estimate of drug-likeness (QED) is 0.696. The molecule has 0 amide bonds. The van der Waals surface area contributed by atoms with Crippen molar-refractivity contribution < 1.29 is 18.9 Å². The predicted octanol–water partition coefficient (Wildman–Crippen LogP) is 2.63. The highest BCUT2D eigenvalue weighted by atomic mass is 16.7. The zero-order valence-electron chi connectivity index (χ0n) is 12.7. The Kier molecular flexibility index (Phi) is 2.55. The Morgan fingerprint density at radius 3 is 2.43 bits per heavy atom. The van der Waals surface area contributed by atoms with Crippen LogP contribution in [0.1, 0.15) is 39.0 Å². The molecule has 0 aromatic heterocycles. The lowest BCUT2D eigenvalue weighted by Gasteiger charge is -2.50. The number of hydrogen-bond donors (Lipinski definition) is 0. The van der Waals surface area contributed by atoms with Crippen molar-refractivity contribution in [2.24, 2.45) is 17.3 Å². The minimum Gasteiger partial charge on any atom is -0.347 e. The summed E-state index contributed by atoms with van der Waals surface area (Å²) < 4.78 is 24.5. The maximum absolute atomic E-state index is 6.13. The zero-order chi connectivity index (χ0) is 14.1. The Labute approximate surface area is 125 Å². The summed E-state index contributed by atoms with van der Waals surface area (Å²) in [6.07, 6.45) is 8.04. The molecule has 0 N–H and O–H groups in total. The summed E-state index contributed by atoms with van der Waals surface area (Å²) in [7, 11) is 0. The van der Waals surface area contributed by atoms with Crippen molar-refractivity contribution in [3.63, 3.8) is 0 Å². The normalized spacial score (nSPS) is 46.0. The lowest BCUT2D eigenvalue weighted by Crippen LogP contribution is -2.53. The predicted molar refractivity (Wildman–Crippen MR) is 75.5 cm³/mol. The van der Waals surface area contributed by atoms with Gasteiger partial charge < -0.3 is 18.9 Å². The summed E-state index contributed by atoms with van der Waals surface area (Å²) in [4.78, 5) is 0. The molecule has 2 bridgehead atoms. The van der Waals surface area contributed by atoms with Gasteiger partial charge in [0.2, 0.25) is 0 Å². The van der Waals surface area contributed by atoms with E-state index in [2.05, 4.69) is 13.0 Å². The molecule has 2 heterocycles. The standard InChI is InChI=1S/C17H24O4/c1-15(18-7-8-19-15)16-5-6-17(20-9-10-21-17)14(11-16)12-3-2-4-13(12)16/h3,13-14H,2,4-11H2,1H3/t13-,14-,16-/m0/s1. The van der Waals surface area contributed by atoms with Crippen molar-refractivity contribution in [3.05, 3.63) is 11.6 Å². The number of fused-ring (bicyclic) bond motifs is 6. The van der Waals surface area contributed by atoms with E-state index >= 15 is 0 Å². The maximum atomic E-state index is 6.13. The molecular weight excluding hydrogens is 268 g/mol. The van der Waals surface area contributed by atoms with Crippen molar-refractivity contribution in [3.8, 4) is 0 Å². The van der Waals surface area contributed by atoms with Crippen LogP contribution in [0, 0.1) is 17.3 Å². The van der Waals surface area contributed by atoms with E-state index in [4.69, 9.17) is 18.9 Å². The molecule has 116 valence electrons. The lowest BCUT2D eigenvalue weighted by molar-refractivity contribution is -0.272. The van der Waals surface area contributed by atoms with Gasteiger partial charge in [0, 0.05) is 17.8 Å². The topological polar surface area (TPSA) is 36.9 Å². The molecule has 2 saturated heterocycles. The highest BCUT2D eigenvalue weighted by molar-refractivity contribution is 5.32. The number of hydrogen-bond acceptors (Lipinski definition) is 4. The maximum Gasteiger partial charge on any atom is 0.174 e.